The predicted octanol–water partition coefficient (Wildman–Crippen LogP) is 0.482. The number of aliphatic hydroxyl groups is 1. The Balaban J connectivity index is 2.05. The van der Waals surface area contributed by atoms with Crippen LogP contribution in [-0.2, 0) is 4.79 Å². The lowest BCUT2D eigenvalue weighted by Gasteiger charge is -2.31. The molecule has 1 fully saturated rings. The molecule has 6 heteroatoms. The number of carbonyl (C=O) groups excluding carboxylic acids is 2. The Labute approximate surface area is 124 Å². The smallest absolute Gasteiger partial charge is 0.271 e. The van der Waals surface area contributed by atoms with E-state index in [1.54, 1.807) is 25.1 Å². The van der Waals surface area contributed by atoms with Crippen molar-refractivity contribution in [3.05, 3.63) is 29.6 Å². The van der Waals surface area contributed by atoms with Gasteiger partial charge in [0.05, 0.1) is 0 Å². The highest BCUT2D eigenvalue weighted by Gasteiger charge is 2.24. The molecule has 21 heavy (non-hydrogen) atoms. The Morgan fingerprint density at radius 2 is 2.00 bits per heavy atom. The first-order valence-electron chi connectivity index (χ1n) is 7.10. The maximum absolute atomic E-state index is 11.9. The fourth-order valence-corrected chi connectivity index (χ4v) is 2.55. The molecule has 1 N–H and O–H groups in total. The number of nitrogens with zero attached hydrogens (tertiary/aromatic N) is 3. The van der Waals surface area contributed by atoms with Gasteiger partial charge in [-0.2, -0.15) is 0 Å². The third-order valence-electron chi connectivity index (χ3n) is 3.80. The highest BCUT2D eigenvalue weighted by Crippen LogP contribution is 2.26. The number of carbonyl (C=O) groups is 2. The van der Waals surface area contributed by atoms with Crippen molar-refractivity contribution in [2.45, 2.75) is 18.8 Å². The molecule has 0 spiro atoms. The van der Waals surface area contributed by atoms with Crippen molar-refractivity contribution in [2.75, 3.05) is 33.8 Å². The van der Waals surface area contributed by atoms with Crippen LogP contribution in [0.25, 0.3) is 0 Å². The fourth-order valence-electron chi connectivity index (χ4n) is 2.55. The van der Waals surface area contributed by atoms with E-state index in [0.717, 1.165) is 18.5 Å². The Kier molecular flexibility index (Phi) is 4.90. The molecular weight excluding hydrogens is 270 g/mol. The summed E-state index contributed by atoms with van der Waals surface area (Å²) < 4.78 is 0. The van der Waals surface area contributed by atoms with E-state index >= 15 is 0 Å². The molecule has 1 aliphatic heterocycles. The Morgan fingerprint density at radius 1 is 1.33 bits per heavy atom. The molecule has 0 atom stereocenters. The number of hydrogen-bond donors (Lipinski definition) is 1. The Hall–Kier alpha value is -1.95. The molecule has 0 bridgehead atoms. The quantitative estimate of drug-likeness (QED) is 0.879. The maximum atomic E-state index is 11.9. The van der Waals surface area contributed by atoms with E-state index in [2.05, 4.69) is 4.98 Å². The molecular formula is C15H21N3O3. The second kappa shape index (κ2) is 6.67. The Morgan fingerprint density at radius 3 is 2.57 bits per heavy atom. The van der Waals surface area contributed by atoms with E-state index in [4.69, 9.17) is 5.11 Å². The Bertz CT molecular complexity index is 523. The third kappa shape index (κ3) is 3.58. The van der Waals surface area contributed by atoms with Gasteiger partial charge in [-0.3, -0.25) is 9.59 Å². The van der Waals surface area contributed by atoms with E-state index in [9.17, 15) is 9.59 Å². The highest BCUT2D eigenvalue weighted by atomic mass is 16.3. The van der Waals surface area contributed by atoms with Gasteiger partial charge in [-0.1, -0.05) is 6.07 Å². The van der Waals surface area contributed by atoms with Crippen LogP contribution in [0.3, 0.4) is 0 Å². The van der Waals surface area contributed by atoms with Crippen LogP contribution in [-0.4, -0.2) is 65.5 Å². The summed E-state index contributed by atoms with van der Waals surface area (Å²) in [7, 11) is 3.41. The van der Waals surface area contributed by atoms with Gasteiger partial charge in [-0.05, 0) is 25.0 Å². The number of amides is 2. The normalized spacial score (nSPS) is 15.9. The van der Waals surface area contributed by atoms with E-state index in [1.165, 1.54) is 4.90 Å². The van der Waals surface area contributed by atoms with Crippen LogP contribution < -0.4 is 0 Å². The minimum atomic E-state index is -0.435. The van der Waals surface area contributed by atoms with Crippen LogP contribution in [0.5, 0.6) is 0 Å². The van der Waals surface area contributed by atoms with Crippen LogP contribution in [0, 0.1) is 0 Å². The summed E-state index contributed by atoms with van der Waals surface area (Å²) >= 11 is 0. The number of aromatic nitrogens is 1. The molecule has 6 nitrogen and oxygen atoms in total. The highest BCUT2D eigenvalue weighted by molar-refractivity contribution is 5.91. The molecule has 2 amide bonds. The predicted molar refractivity (Wildman–Crippen MR) is 77.9 cm³/mol. The van der Waals surface area contributed by atoms with Crippen molar-refractivity contribution in [3.8, 4) is 0 Å². The first kappa shape index (κ1) is 15.4. The minimum absolute atomic E-state index is 0.107. The lowest BCUT2D eigenvalue weighted by molar-refractivity contribution is -0.135. The first-order valence-corrected chi connectivity index (χ1v) is 7.10. The van der Waals surface area contributed by atoms with E-state index in [-0.39, 0.29) is 17.7 Å². The van der Waals surface area contributed by atoms with Gasteiger partial charge in [0.25, 0.3) is 5.91 Å². The summed E-state index contributed by atoms with van der Waals surface area (Å²) in [6, 6.07) is 5.50. The first-order chi connectivity index (χ1) is 10.0. The molecule has 0 aliphatic carbocycles. The lowest BCUT2D eigenvalue weighted by atomic mass is 9.93. The van der Waals surface area contributed by atoms with Crippen molar-refractivity contribution in [3.63, 3.8) is 0 Å². The number of piperidine rings is 1. The van der Waals surface area contributed by atoms with Crippen molar-refractivity contribution in [1.82, 2.24) is 14.8 Å². The number of pyridine rings is 1. The zero-order valence-corrected chi connectivity index (χ0v) is 12.5. The number of aliphatic hydroxyl groups excluding tert-OH is 1. The molecule has 1 saturated heterocycles. The molecule has 1 aliphatic rings. The summed E-state index contributed by atoms with van der Waals surface area (Å²) in [6.07, 6.45) is 1.61. The molecule has 2 heterocycles. The second-order valence-electron chi connectivity index (χ2n) is 5.46. The lowest BCUT2D eigenvalue weighted by Crippen LogP contribution is -2.39. The molecule has 1 aromatic rings. The van der Waals surface area contributed by atoms with Gasteiger partial charge in [-0.25, -0.2) is 4.98 Å². The molecule has 2 rings (SSSR count). The molecule has 0 aromatic carbocycles. The molecule has 0 radical (unpaired) electrons. The zero-order chi connectivity index (χ0) is 15.4. The summed E-state index contributed by atoms with van der Waals surface area (Å²) in [5.74, 6) is -0.0784. The van der Waals surface area contributed by atoms with Crippen LogP contribution in [0.15, 0.2) is 18.2 Å². The zero-order valence-electron chi connectivity index (χ0n) is 12.5. The van der Waals surface area contributed by atoms with Crippen LogP contribution in [0.1, 0.15) is 34.9 Å². The molecule has 1 aromatic heterocycles. The van der Waals surface area contributed by atoms with Gasteiger partial charge in [0.15, 0.2) is 0 Å². The molecule has 114 valence electrons. The number of rotatable bonds is 3. The van der Waals surface area contributed by atoms with E-state index in [0.29, 0.717) is 18.8 Å². The van der Waals surface area contributed by atoms with Gasteiger partial charge >= 0.3 is 0 Å². The van der Waals surface area contributed by atoms with Crippen molar-refractivity contribution < 1.29 is 14.7 Å². The monoisotopic (exact) mass is 291 g/mol. The van der Waals surface area contributed by atoms with E-state index in [1.807, 2.05) is 12.1 Å². The molecule has 0 unspecified atom stereocenters. The van der Waals surface area contributed by atoms with Crippen molar-refractivity contribution in [1.29, 1.82) is 0 Å². The van der Waals surface area contributed by atoms with Gasteiger partial charge in [-0.15, -0.1) is 0 Å². The largest absolute Gasteiger partial charge is 0.387 e. The van der Waals surface area contributed by atoms with E-state index < -0.39 is 6.61 Å². The topological polar surface area (TPSA) is 73.7 Å². The second-order valence-corrected chi connectivity index (χ2v) is 5.46. The average molecular weight is 291 g/mol. The standard InChI is InChI=1S/C15H21N3O3/c1-17(2)15(21)13-5-3-4-12(16-13)11-6-8-18(9-7-11)14(20)10-19/h3-5,11,19H,6-10H2,1-2H3. The summed E-state index contributed by atoms with van der Waals surface area (Å²) in [5.41, 5.74) is 1.35. The van der Waals surface area contributed by atoms with Gasteiger partial charge in [0.1, 0.15) is 12.3 Å². The van der Waals surface area contributed by atoms with Gasteiger partial charge < -0.3 is 14.9 Å². The van der Waals surface area contributed by atoms with Gasteiger partial charge in [0, 0.05) is 38.8 Å². The SMILES string of the molecule is CN(C)C(=O)c1cccc(C2CCN(C(=O)CO)CC2)n1. The summed E-state index contributed by atoms with van der Waals surface area (Å²) in [4.78, 5) is 31.0. The summed E-state index contributed by atoms with van der Waals surface area (Å²) in [6.45, 7) is 0.810. The van der Waals surface area contributed by atoms with Crippen LogP contribution in [0.2, 0.25) is 0 Å². The third-order valence-corrected chi connectivity index (χ3v) is 3.80. The summed E-state index contributed by atoms with van der Waals surface area (Å²) in [5, 5.41) is 8.87. The minimum Gasteiger partial charge on any atom is -0.387 e. The van der Waals surface area contributed by atoms with Crippen LogP contribution >= 0.6 is 0 Å². The fraction of sp³-hybridized carbons (Fsp3) is 0.533. The number of likely N-dealkylation sites (tertiary alicyclic amines) is 1. The maximum Gasteiger partial charge on any atom is 0.271 e. The number of hydrogen-bond acceptors (Lipinski definition) is 4. The van der Waals surface area contributed by atoms with Crippen molar-refractivity contribution in [2.24, 2.45) is 0 Å². The van der Waals surface area contributed by atoms with Gasteiger partial charge in [0.2, 0.25) is 5.91 Å². The van der Waals surface area contributed by atoms with Crippen LogP contribution in [0.4, 0.5) is 0 Å². The van der Waals surface area contributed by atoms with Crippen molar-refractivity contribution >= 4 is 11.8 Å². The average Bonchev–Trinajstić information content (AvgIpc) is 2.53. The molecule has 0 saturated carbocycles.